The smallest absolute Gasteiger partial charge is 0.328 e. The van der Waals surface area contributed by atoms with E-state index in [0.717, 1.165) is 12.8 Å². The Balaban J connectivity index is 3.51. The summed E-state index contributed by atoms with van der Waals surface area (Å²) in [5.74, 6) is 0.0408. The van der Waals surface area contributed by atoms with Gasteiger partial charge in [0.05, 0.1) is 6.61 Å². The van der Waals surface area contributed by atoms with Crippen molar-refractivity contribution in [1.82, 2.24) is 5.32 Å². The maximum Gasteiger partial charge on any atom is 0.328 e. The first-order chi connectivity index (χ1) is 11.1. The van der Waals surface area contributed by atoms with E-state index in [1.807, 2.05) is 13.8 Å². The Labute approximate surface area is 142 Å². The van der Waals surface area contributed by atoms with Crippen LogP contribution in [0.15, 0.2) is 0 Å². The number of rotatable bonds is 16. The molecule has 4 nitrogen and oxygen atoms in total. The Bertz CT molecular complexity index is 292. The van der Waals surface area contributed by atoms with Crippen molar-refractivity contribution >= 4 is 12.4 Å². The molecule has 0 spiro atoms. The molecule has 0 rings (SSSR count). The maximum atomic E-state index is 11.9. The summed E-state index contributed by atoms with van der Waals surface area (Å²) < 4.78 is 5.27. The van der Waals surface area contributed by atoms with E-state index in [0.29, 0.717) is 25.4 Å². The van der Waals surface area contributed by atoms with E-state index in [1.54, 1.807) is 0 Å². The van der Waals surface area contributed by atoms with Gasteiger partial charge >= 0.3 is 5.97 Å². The fourth-order valence-corrected chi connectivity index (χ4v) is 2.65. The molecule has 1 atom stereocenters. The molecule has 1 N–H and O–H groups in total. The predicted octanol–water partition coefficient (Wildman–Crippen LogP) is 4.61. The summed E-state index contributed by atoms with van der Waals surface area (Å²) in [6.07, 6.45) is 13.8. The minimum atomic E-state index is -0.504. The third kappa shape index (κ3) is 14.3. The van der Waals surface area contributed by atoms with Gasteiger partial charge in [-0.25, -0.2) is 4.79 Å². The van der Waals surface area contributed by atoms with Crippen LogP contribution < -0.4 is 5.32 Å². The molecule has 0 radical (unpaired) electrons. The molecule has 23 heavy (non-hydrogen) atoms. The molecule has 0 saturated heterocycles. The second kappa shape index (κ2) is 15.8. The Hall–Kier alpha value is -1.06. The molecule has 0 bridgehead atoms. The largest absolute Gasteiger partial charge is 0.464 e. The van der Waals surface area contributed by atoms with Gasteiger partial charge in [0.2, 0.25) is 6.41 Å². The first-order valence-electron chi connectivity index (χ1n) is 9.48. The molecular formula is C19H37NO3. The Morgan fingerprint density at radius 1 is 0.957 bits per heavy atom. The van der Waals surface area contributed by atoms with Gasteiger partial charge in [-0.3, -0.25) is 4.79 Å². The van der Waals surface area contributed by atoms with Gasteiger partial charge in [0.25, 0.3) is 0 Å². The zero-order valence-electron chi connectivity index (χ0n) is 15.4. The number of unbranched alkanes of at least 4 members (excludes halogenated alkanes) is 9. The lowest BCUT2D eigenvalue weighted by molar-refractivity contribution is -0.147. The summed E-state index contributed by atoms with van der Waals surface area (Å²) in [4.78, 5) is 22.4. The first kappa shape index (κ1) is 21.9. The monoisotopic (exact) mass is 327 g/mol. The van der Waals surface area contributed by atoms with Crippen molar-refractivity contribution in [3.8, 4) is 0 Å². The summed E-state index contributed by atoms with van der Waals surface area (Å²) in [7, 11) is 0. The third-order valence-electron chi connectivity index (χ3n) is 4.00. The summed E-state index contributed by atoms with van der Waals surface area (Å²) in [5, 5.41) is 2.55. The van der Waals surface area contributed by atoms with Crippen molar-refractivity contribution in [1.29, 1.82) is 0 Å². The minimum Gasteiger partial charge on any atom is -0.464 e. The summed E-state index contributed by atoms with van der Waals surface area (Å²) in [6, 6.07) is -0.504. The van der Waals surface area contributed by atoms with Crippen LogP contribution in [0.3, 0.4) is 0 Å². The van der Waals surface area contributed by atoms with E-state index >= 15 is 0 Å². The van der Waals surface area contributed by atoms with Gasteiger partial charge < -0.3 is 10.1 Å². The number of esters is 1. The van der Waals surface area contributed by atoms with E-state index in [9.17, 15) is 9.59 Å². The normalized spacial score (nSPS) is 12.2. The van der Waals surface area contributed by atoms with Gasteiger partial charge in [-0.2, -0.15) is 0 Å². The Morgan fingerprint density at radius 3 is 1.96 bits per heavy atom. The van der Waals surface area contributed by atoms with E-state index in [2.05, 4.69) is 12.2 Å². The first-order valence-corrected chi connectivity index (χ1v) is 9.48. The highest BCUT2D eigenvalue weighted by atomic mass is 16.5. The highest BCUT2D eigenvalue weighted by Crippen LogP contribution is 2.11. The molecule has 0 aliphatic rings. The third-order valence-corrected chi connectivity index (χ3v) is 4.00. The van der Waals surface area contributed by atoms with Crippen LogP contribution in [0.1, 0.15) is 91.4 Å². The van der Waals surface area contributed by atoms with E-state index in [-0.39, 0.29) is 5.97 Å². The van der Waals surface area contributed by atoms with E-state index in [1.165, 1.54) is 51.4 Å². The maximum absolute atomic E-state index is 11.9. The van der Waals surface area contributed by atoms with Crippen molar-refractivity contribution in [3.05, 3.63) is 0 Å². The molecule has 136 valence electrons. The van der Waals surface area contributed by atoms with Crippen LogP contribution in [0.5, 0.6) is 0 Å². The number of hydrogen-bond donors (Lipinski definition) is 1. The average molecular weight is 328 g/mol. The number of carbonyl (C=O) groups is 2. The van der Waals surface area contributed by atoms with Crippen LogP contribution in [-0.2, 0) is 14.3 Å². The van der Waals surface area contributed by atoms with Crippen LogP contribution in [0.4, 0.5) is 0 Å². The highest BCUT2D eigenvalue weighted by molar-refractivity contribution is 5.78. The van der Waals surface area contributed by atoms with Gasteiger partial charge in [-0.1, -0.05) is 78.6 Å². The number of ether oxygens (including phenoxy) is 1. The number of hydrogen-bond acceptors (Lipinski definition) is 3. The lowest BCUT2D eigenvalue weighted by Gasteiger charge is -2.16. The highest BCUT2D eigenvalue weighted by Gasteiger charge is 2.20. The molecule has 0 heterocycles. The van der Waals surface area contributed by atoms with Crippen LogP contribution in [0, 0.1) is 5.92 Å². The quantitative estimate of drug-likeness (QED) is 0.256. The Morgan fingerprint density at radius 2 is 1.48 bits per heavy atom. The van der Waals surface area contributed by atoms with Gasteiger partial charge in [0.15, 0.2) is 0 Å². The van der Waals surface area contributed by atoms with Crippen molar-refractivity contribution in [2.75, 3.05) is 6.61 Å². The second-order valence-corrected chi connectivity index (χ2v) is 6.82. The molecular weight excluding hydrogens is 290 g/mol. The molecule has 0 aromatic carbocycles. The number of nitrogens with one attached hydrogen (secondary N) is 1. The van der Waals surface area contributed by atoms with Gasteiger partial charge in [0.1, 0.15) is 6.04 Å². The minimum absolute atomic E-state index is 0.304. The van der Waals surface area contributed by atoms with Crippen molar-refractivity contribution in [2.45, 2.75) is 97.4 Å². The molecule has 0 aromatic rings. The zero-order chi connectivity index (χ0) is 17.3. The van der Waals surface area contributed by atoms with Crippen molar-refractivity contribution in [2.24, 2.45) is 5.92 Å². The topological polar surface area (TPSA) is 55.4 Å². The molecule has 0 fully saturated rings. The molecule has 0 aliphatic carbocycles. The van der Waals surface area contributed by atoms with E-state index in [4.69, 9.17) is 4.74 Å². The lowest BCUT2D eigenvalue weighted by Crippen LogP contribution is -2.38. The van der Waals surface area contributed by atoms with Crippen LogP contribution in [0.2, 0.25) is 0 Å². The number of amides is 1. The van der Waals surface area contributed by atoms with Gasteiger partial charge in [0, 0.05) is 0 Å². The summed E-state index contributed by atoms with van der Waals surface area (Å²) in [5.41, 5.74) is 0. The summed E-state index contributed by atoms with van der Waals surface area (Å²) in [6.45, 7) is 6.75. The van der Waals surface area contributed by atoms with E-state index < -0.39 is 6.04 Å². The van der Waals surface area contributed by atoms with Crippen molar-refractivity contribution < 1.29 is 14.3 Å². The molecule has 0 saturated carbocycles. The zero-order valence-corrected chi connectivity index (χ0v) is 15.4. The molecule has 0 aromatic heterocycles. The fourth-order valence-electron chi connectivity index (χ4n) is 2.65. The standard InChI is InChI=1S/C19H37NO3/c1-4-5-6-7-8-9-10-11-12-13-14-23-19(22)18(20-16-21)15-17(2)3/h16-18H,4-15H2,1-3H3,(H,20,21)/t18-/m0/s1. The van der Waals surface area contributed by atoms with Crippen LogP contribution >= 0.6 is 0 Å². The fraction of sp³-hybridized carbons (Fsp3) is 0.895. The van der Waals surface area contributed by atoms with Crippen molar-refractivity contribution in [3.63, 3.8) is 0 Å². The van der Waals surface area contributed by atoms with Crippen LogP contribution in [-0.4, -0.2) is 25.0 Å². The van der Waals surface area contributed by atoms with Crippen LogP contribution in [0.25, 0.3) is 0 Å². The van der Waals surface area contributed by atoms with Gasteiger partial charge in [-0.05, 0) is 18.8 Å². The Kier molecular flexibility index (Phi) is 15.1. The molecule has 0 unspecified atom stereocenters. The molecule has 1 amide bonds. The lowest BCUT2D eigenvalue weighted by atomic mass is 10.0. The molecule has 0 aliphatic heterocycles. The average Bonchev–Trinajstić information content (AvgIpc) is 2.51. The van der Waals surface area contributed by atoms with Gasteiger partial charge in [-0.15, -0.1) is 0 Å². The molecule has 4 heteroatoms. The second-order valence-electron chi connectivity index (χ2n) is 6.82. The SMILES string of the molecule is CCCCCCCCCCCCOC(=O)[C@H](CC(C)C)NC=O. The predicted molar refractivity (Wildman–Crippen MR) is 95.2 cm³/mol. The summed E-state index contributed by atoms with van der Waals surface area (Å²) >= 11 is 0. The number of carbonyl (C=O) groups excluding carboxylic acids is 2.